The molecule has 0 bridgehead atoms. The van der Waals surface area contributed by atoms with E-state index in [1.54, 1.807) is 0 Å². The first-order valence-electron chi connectivity index (χ1n) is 7.29. The molecule has 0 amide bonds. The van der Waals surface area contributed by atoms with Crippen LogP contribution in [0.25, 0.3) is 17.2 Å². The molecule has 0 radical (unpaired) electrons. The molecule has 0 saturated carbocycles. The van der Waals surface area contributed by atoms with Gasteiger partial charge in [0.2, 0.25) is 0 Å². The highest BCUT2D eigenvalue weighted by atomic mass is 14.2. The van der Waals surface area contributed by atoms with Gasteiger partial charge in [-0.15, -0.1) is 0 Å². The zero-order valence-corrected chi connectivity index (χ0v) is 12.4. The minimum Gasteiger partial charge on any atom is -0.0616 e. The van der Waals surface area contributed by atoms with E-state index in [1.807, 2.05) is 0 Å². The van der Waals surface area contributed by atoms with E-state index in [-0.39, 0.29) is 0 Å². The van der Waals surface area contributed by atoms with Crippen molar-refractivity contribution in [2.45, 2.75) is 27.2 Å². The lowest BCUT2D eigenvalue weighted by Gasteiger charge is -2.04. The molecule has 0 fully saturated rings. The van der Waals surface area contributed by atoms with Gasteiger partial charge in [0.25, 0.3) is 0 Å². The van der Waals surface area contributed by atoms with Gasteiger partial charge in [-0.25, -0.2) is 0 Å². The van der Waals surface area contributed by atoms with E-state index >= 15 is 0 Å². The summed E-state index contributed by atoms with van der Waals surface area (Å²) >= 11 is 0. The minimum absolute atomic E-state index is 1.09. The predicted molar refractivity (Wildman–Crippen MR) is 88.4 cm³/mol. The van der Waals surface area contributed by atoms with Crippen LogP contribution in [-0.2, 0) is 0 Å². The summed E-state index contributed by atoms with van der Waals surface area (Å²) in [5, 5.41) is 0. The molecule has 0 aliphatic heterocycles. The molecule has 0 saturated heterocycles. The van der Waals surface area contributed by atoms with E-state index in [2.05, 4.69) is 75.4 Å². The van der Waals surface area contributed by atoms with Crippen LogP contribution in [0.5, 0.6) is 0 Å². The molecule has 0 N–H and O–H groups in total. The van der Waals surface area contributed by atoms with E-state index in [1.165, 1.54) is 39.0 Å². The molecule has 0 spiro atoms. The molecule has 0 unspecified atom stereocenters. The fourth-order valence-corrected chi connectivity index (χ4v) is 3.02. The highest BCUT2D eigenvalue weighted by Gasteiger charge is 2.21. The van der Waals surface area contributed by atoms with Gasteiger partial charge in [0.05, 0.1) is 0 Å². The Hall–Kier alpha value is -2.08. The molecular weight excluding hydrogens is 240 g/mol. The molecule has 1 aliphatic carbocycles. The van der Waals surface area contributed by atoms with Crippen molar-refractivity contribution in [2.75, 3.05) is 0 Å². The van der Waals surface area contributed by atoms with Crippen LogP contribution >= 0.6 is 0 Å². The minimum atomic E-state index is 1.09. The molecule has 0 atom stereocenters. The number of hydrogen-bond acceptors (Lipinski definition) is 0. The molecule has 2 aromatic carbocycles. The number of allylic oxidation sites excluding steroid dienone is 3. The van der Waals surface area contributed by atoms with Crippen molar-refractivity contribution in [1.82, 2.24) is 0 Å². The summed E-state index contributed by atoms with van der Waals surface area (Å²) in [4.78, 5) is 0. The molecule has 0 heteroatoms. The van der Waals surface area contributed by atoms with Crippen molar-refractivity contribution < 1.29 is 0 Å². The number of fused-ring (bicyclic) bond motifs is 1. The summed E-state index contributed by atoms with van der Waals surface area (Å²) in [6, 6.07) is 17.5. The summed E-state index contributed by atoms with van der Waals surface area (Å²) < 4.78 is 0. The second kappa shape index (κ2) is 5.13. The van der Waals surface area contributed by atoms with Gasteiger partial charge in [0, 0.05) is 0 Å². The molecule has 0 heterocycles. The number of aryl methyl sites for hydroxylation is 1. The van der Waals surface area contributed by atoms with Gasteiger partial charge in [-0.3, -0.25) is 0 Å². The summed E-state index contributed by atoms with van der Waals surface area (Å²) in [5.41, 5.74) is 9.65. The normalized spacial score (nSPS) is 15.8. The Labute approximate surface area is 121 Å². The van der Waals surface area contributed by atoms with Crippen LogP contribution in [0.4, 0.5) is 0 Å². The van der Waals surface area contributed by atoms with E-state index in [0.717, 1.165) is 6.42 Å². The lowest BCUT2D eigenvalue weighted by atomic mass is 10.0. The summed E-state index contributed by atoms with van der Waals surface area (Å²) in [5.74, 6) is 0. The Balaban J connectivity index is 2.14. The molecule has 0 nitrogen and oxygen atoms in total. The average molecular weight is 260 g/mol. The third-order valence-electron chi connectivity index (χ3n) is 4.14. The summed E-state index contributed by atoms with van der Waals surface area (Å²) in [6.45, 7) is 6.62. The maximum atomic E-state index is 2.32. The van der Waals surface area contributed by atoms with Gasteiger partial charge in [0.1, 0.15) is 0 Å². The maximum absolute atomic E-state index is 2.32. The van der Waals surface area contributed by atoms with Crippen LogP contribution in [0, 0.1) is 6.92 Å². The van der Waals surface area contributed by atoms with Gasteiger partial charge in [-0.2, -0.15) is 0 Å². The molecule has 20 heavy (non-hydrogen) atoms. The van der Waals surface area contributed by atoms with Crippen LogP contribution < -0.4 is 0 Å². The Bertz CT molecular complexity index is 697. The Morgan fingerprint density at radius 3 is 2.15 bits per heavy atom. The largest absolute Gasteiger partial charge is 0.0616 e. The molecule has 1 aliphatic rings. The zero-order chi connectivity index (χ0) is 14.1. The first-order valence-corrected chi connectivity index (χ1v) is 7.29. The number of rotatable bonds is 2. The van der Waals surface area contributed by atoms with E-state index in [9.17, 15) is 0 Å². The fraction of sp³-hybridized carbons (Fsp3) is 0.200. The topological polar surface area (TPSA) is 0 Å². The molecule has 0 aromatic heterocycles. The van der Waals surface area contributed by atoms with Crippen LogP contribution in [0.1, 0.15) is 42.5 Å². The van der Waals surface area contributed by atoms with Crippen LogP contribution in [0.3, 0.4) is 0 Å². The van der Waals surface area contributed by atoms with Gasteiger partial charge >= 0.3 is 0 Å². The van der Waals surface area contributed by atoms with Gasteiger partial charge in [-0.05, 0) is 59.8 Å². The third-order valence-corrected chi connectivity index (χ3v) is 4.14. The highest BCUT2D eigenvalue weighted by Crippen LogP contribution is 2.43. The third kappa shape index (κ3) is 2.12. The van der Waals surface area contributed by atoms with Crippen molar-refractivity contribution in [3.05, 3.63) is 76.4 Å². The predicted octanol–water partition coefficient (Wildman–Crippen LogP) is 5.73. The van der Waals surface area contributed by atoms with Crippen LogP contribution in [0.2, 0.25) is 0 Å². The first kappa shape index (κ1) is 12.9. The standard InChI is InChI=1S/C20H20/c1-4-17-15(3)20(19-8-6-5-7-18(17)19)13-16-11-9-14(2)10-12-16/h5-13H,4H2,1-3H3. The number of hydrogen-bond donors (Lipinski definition) is 0. The van der Waals surface area contributed by atoms with Crippen molar-refractivity contribution in [3.8, 4) is 0 Å². The Kier molecular flexibility index (Phi) is 3.31. The van der Waals surface area contributed by atoms with Crippen molar-refractivity contribution in [2.24, 2.45) is 0 Å². The Morgan fingerprint density at radius 2 is 1.50 bits per heavy atom. The van der Waals surface area contributed by atoms with Gasteiger partial charge in [0.15, 0.2) is 0 Å². The average Bonchev–Trinajstić information content (AvgIpc) is 2.74. The second-order valence-corrected chi connectivity index (χ2v) is 5.47. The van der Waals surface area contributed by atoms with Crippen molar-refractivity contribution >= 4 is 17.2 Å². The van der Waals surface area contributed by atoms with Crippen molar-refractivity contribution in [3.63, 3.8) is 0 Å². The van der Waals surface area contributed by atoms with E-state index in [4.69, 9.17) is 0 Å². The second-order valence-electron chi connectivity index (χ2n) is 5.47. The lowest BCUT2D eigenvalue weighted by Crippen LogP contribution is -1.83. The SMILES string of the molecule is CCC1=C(C)C(=Cc2ccc(C)cc2)c2ccccc21. The fourth-order valence-electron chi connectivity index (χ4n) is 3.02. The highest BCUT2D eigenvalue weighted by molar-refractivity contribution is 6.05. The molecule has 100 valence electrons. The van der Waals surface area contributed by atoms with Crippen molar-refractivity contribution in [1.29, 1.82) is 0 Å². The summed E-state index contributed by atoms with van der Waals surface area (Å²) in [6.07, 6.45) is 3.41. The van der Waals surface area contributed by atoms with E-state index in [0.29, 0.717) is 0 Å². The molecule has 3 rings (SSSR count). The Morgan fingerprint density at radius 1 is 0.850 bits per heavy atom. The van der Waals surface area contributed by atoms with Crippen LogP contribution in [0.15, 0.2) is 54.1 Å². The van der Waals surface area contributed by atoms with Crippen LogP contribution in [-0.4, -0.2) is 0 Å². The van der Waals surface area contributed by atoms with Gasteiger partial charge in [-0.1, -0.05) is 61.0 Å². The molecule has 2 aromatic rings. The first-order chi connectivity index (χ1) is 9.70. The van der Waals surface area contributed by atoms with E-state index < -0.39 is 0 Å². The summed E-state index contributed by atoms with van der Waals surface area (Å²) in [7, 11) is 0. The smallest absolute Gasteiger partial charge is 0.0106 e. The zero-order valence-electron chi connectivity index (χ0n) is 12.4. The van der Waals surface area contributed by atoms with Gasteiger partial charge < -0.3 is 0 Å². The maximum Gasteiger partial charge on any atom is -0.0106 e. The quantitative estimate of drug-likeness (QED) is 0.646. The number of benzene rings is 2. The monoisotopic (exact) mass is 260 g/mol. The lowest BCUT2D eigenvalue weighted by molar-refractivity contribution is 1.23. The molecular formula is C20H20.